The van der Waals surface area contributed by atoms with Gasteiger partial charge in [-0.3, -0.25) is 0 Å². The minimum atomic E-state index is -0.950. The van der Waals surface area contributed by atoms with Gasteiger partial charge in [0.25, 0.3) is 0 Å². The molecular weight excluding hydrogens is 146 g/mol. The fourth-order valence-corrected chi connectivity index (χ4v) is 0.752. The van der Waals surface area contributed by atoms with E-state index in [9.17, 15) is 4.79 Å². The number of carboxylic acids is 1. The van der Waals surface area contributed by atoms with Crippen LogP contribution in [0.3, 0.4) is 0 Å². The standard InChI is InChI=1S/C7H15NO3/c1-2-3-6(8)4-11-5-7(9)10/h6H,2-5,8H2,1H3,(H,9,10). The Morgan fingerprint density at radius 1 is 1.73 bits per heavy atom. The van der Waals surface area contributed by atoms with Crippen LogP contribution in [0.25, 0.3) is 0 Å². The third-order valence-corrected chi connectivity index (χ3v) is 1.22. The van der Waals surface area contributed by atoms with Gasteiger partial charge in [-0.15, -0.1) is 0 Å². The summed E-state index contributed by atoms with van der Waals surface area (Å²) < 4.78 is 4.78. The molecule has 1 unspecified atom stereocenters. The van der Waals surface area contributed by atoms with Crippen molar-refractivity contribution in [3.63, 3.8) is 0 Å². The highest BCUT2D eigenvalue weighted by Gasteiger charge is 2.02. The Hall–Kier alpha value is -0.610. The second-order valence-electron chi connectivity index (χ2n) is 2.46. The van der Waals surface area contributed by atoms with Crippen LogP contribution < -0.4 is 5.73 Å². The minimum absolute atomic E-state index is 0.0284. The topological polar surface area (TPSA) is 72.5 Å². The third-order valence-electron chi connectivity index (χ3n) is 1.22. The molecule has 0 aliphatic carbocycles. The molecule has 0 saturated heterocycles. The van der Waals surface area contributed by atoms with E-state index in [2.05, 4.69) is 0 Å². The molecule has 0 bridgehead atoms. The maximum Gasteiger partial charge on any atom is 0.329 e. The first-order chi connectivity index (χ1) is 5.16. The lowest BCUT2D eigenvalue weighted by atomic mass is 10.2. The van der Waals surface area contributed by atoms with Crippen molar-refractivity contribution in [3.05, 3.63) is 0 Å². The Morgan fingerprint density at radius 3 is 2.82 bits per heavy atom. The van der Waals surface area contributed by atoms with Crippen LogP contribution in [-0.2, 0) is 9.53 Å². The van der Waals surface area contributed by atoms with Crippen molar-refractivity contribution in [2.75, 3.05) is 13.2 Å². The van der Waals surface area contributed by atoms with Gasteiger partial charge in [-0.05, 0) is 6.42 Å². The highest BCUT2D eigenvalue weighted by Crippen LogP contribution is 1.93. The largest absolute Gasteiger partial charge is 0.480 e. The molecule has 1 atom stereocenters. The lowest BCUT2D eigenvalue weighted by Gasteiger charge is -2.08. The van der Waals surface area contributed by atoms with E-state index in [1.807, 2.05) is 6.92 Å². The smallest absolute Gasteiger partial charge is 0.329 e. The monoisotopic (exact) mass is 161 g/mol. The van der Waals surface area contributed by atoms with Crippen molar-refractivity contribution >= 4 is 5.97 Å². The summed E-state index contributed by atoms with van der Waals surface area (Å²) in [7, 11) is 0. The summed E-state index contributed by atoms with van der Waals surface area (Å²) in [5.74, 6) is -0.950. The lowest BCUT2D eigenvalue weighted by molar-refractivity contribution is -0.142. The van der Waals surface area contributed by atoms with Crippen molar-refractivity contribution in [1.82, 2.24) is 0 Å². The molecular formula is C7H15NO3. The number of ether oxygens (including phenoxy) is 1. The Kier molecular flexibility index (Phi) is 5.78. The molecule has 0 spiro atoms. The number of carbonyl (C=O) groups is 1. The van der Waals surface area contributed by atoms with Crippen LogP contribution in [0.5, 0.6) is 0 Å². The number of aliphatic carboxylic acids is 1. The van der Waals surface area contributed by atoms with Gasteiger partial charge in [0.1, 0.15) is 6.61 Å². The van der Waals surface area contributed by atoms with E-state index in [-0.39, 0.29) is 12.6 Å². The molecule has 0 aromatic rings. The predicted octanol–water partition coefficient (Wildman–Crippen LogP) is 0.215. The van der Waals surface area contributed by atoms with Gasteiger partial charge < -0.3 is 15.6 Å². The average Bonchev–Trinajstić information content (AvgIpc) is 1.87. The zero-order chi connectivity index (χ0) is 8.69. The van der Waals surface area contributed by atoms with E-state index in [0.717, 1.165) is 12.8 Å². The first-order valence-electron chi connectivity index (χ1n) is 3.72. The number of carboxylic acid groups (broad SMARTS) is 1. The second kappa shape index (κ2) is 6.12. The van der Waals surface area contributed by atoms with Gasteiger partial charge in [0.15, 0.2) is 0 Å². The third kappa shape index (κ3) is 7.29. The van der Waals surface area contributed by atoms with Crippen molar-refractivity contribution in [2.24, 2.45) is 5.73 Å². The van der Waals surface area contributed by atoms with Crippen LogP contribution in [0.4, 0.5) is 0 Å². The SMILES string of the molecule is CCCC(N)COCC(=O)O. The van der Waals surface area contributed by atoms with Crippen molar-refractivity contribution in [2.45, 2.75) is 25.8 Å². The number of hydrogen-bond donors (Lipinski definition) is 2. The van der Waals surface area contributed by atoms with E-state index < -0.39 is 5.97 Å². The van der Waals surface area contributed by atoms with E-state index in [0.29, 0.717) is 6.61 Å². The summed E-state index contributed by atoms with van der Waals surface area (Å²) in [5, 5.41) is 8.19. The number of hydrogen-bond acceptors (Lipinski definition) is 3. The summed E-state index contributed by atoms with van der Waals surface area (Å²) in [5.41, 5.74) is 5.55. The van der Waals surface area contributed by atoms with Crippen molar-refractivity contribution in [1.29, 1.82) is 0 Å². The molecule has 4 heteroatoms. The molecule has 0 rings (SSSR count). The lowest BCUT2D eigenvalue weighted by Crippen LogP contribution is -2.27. The molecule has 66 valence electrons. The fraction of sp³-hybridized carbons (Fsp3) is 0.857. The molecule has 0 radical (unpaired) electrons. The fourth-order valence-electron chi connectivity index (χ4n) is 0.752. The zero-order valence-corrected chi connectivity index (χ0v) is 6.75. The van der Waals surface area contributed by atoms with Crippen molar-refractivity contribution < 1.29 is 14.6 Å². The molecule has 11 heavy (non-hydrogen) atoms. The van der Waals surface area contributed by atoms with E-state index >= 15 is 0 Å². The summed E-state index contributed by atoms with van der Waals surface area (Å²) in [6, 6.07) is -0.0284. The van der Waals surface area contributed by atoms with Crippen LogP contribution in [0, 0.1) is 0 Å². The van der Waals surface area contributed by atoms with E-state index in [1.54, 1.807) is 0 Å². The van der Waals surface area contributed by atoms with Gasteiger partial charge in [-0.1, -0.05) is 13.3 Å². The van der Waals surface area contributed by atoms with Crippen LogP contribution in [-0.4, -0.2) is 30.3 Å². The zero-order valence-electron chi connectivity index (χ0n) is 6.75. The predicted molar refractivity (Wildman–Crippen MR) is 41.3 cm³/mol. The summed E-state index contributed by atoms with van der Waals surface area (Å²) in [4.78, 5) is 9.97. The summed E-state index contributed by atoms with van der Waals surface area (Å²) in [6.07, 6.45) is 1.87. The Morgan fingerprint density at radius 2 is 2.36 bits per heavy atom. The second-order valence-corrected chi connectivity index (χ2v) is 2.46. The maximum atomic E-state index is 9.97. The van der Waals surface area contributed by atoms with E-state index in [1.165, 1.54) is 0 Å². The van der Waals surface area contributed by atoms with Gasteiger partial charge >= 0.3 is 5.97 Å². The van der Waals surface area contributed by atoms with Gasteiger partial charge in [0.05, 0.1) is 6.61 Å². The van der Waals surface area contributed by atoms with Crippen LogP contribution in [0.1, 0.15) is 19.8 Å². The van der Waals surface area contributed by atoms with Crippen LogP contribution in [0.15, 0.2) is 0 Å². The minimum Gasteiger partial charge on any atom is -0.480 e. The van der Waals surface area contributed by atoms with Gasteiger partial charge in [-0.25, -0.2) is 4.79 Å². The quantitative estimate of drug-likeness (QED) is 0.584. The molecule has 0 saturated carbocycles. The highest BCUT2D eigenvalue weighted by atomic mass is 16.5. The van der Waals surface area contributed by atoms with Gasteiger partial charge in [0, 0.05) is 6.04 Å². The molecule has 0 aromatic carbocycles. The molecule has 0 aromatic heterocycles. The molecule has 0 fully saturated rings. The summed E-state index contributed by atoms with van der Waals surface area (Å²) >= 11 is 0. The summed E-state index contributed by atoms with van der Waals surface area (Å²) in [6.45, 7) is 2.11. The molecule has 0 aliphatic rings. The van der Waals surface area contributed by atoms with Crippen molar-refractivity contribution in [3.8, 4) is 0 Å². The number of rotatable bonds is 6. The van der Waals surface area contributed by atoms with E-state index in [4.69, 9.17) is 15.6 Å². The average molecular weight is 161 g/mol. The Labute approximate surface area is 66.3 Å². The van der Waals surface area contributed by atoms with Crippen LogP contribution >= 0.6 is 0 Å². The normalized spacial score (nSPS) is 12.9. The Bertz CT molecular complexity index is 116. The maximum absolute atomic E-state index is 9.97. The Balaban J connectivity index is 3.16. The van der Waals surface area contributed by atoms with Gasteiger partial charge in [-0.2, -0.15) is 0 Å². The molecule has 3 N–H and O–H groups in total. The van der Waals surface area contributed by atoms with Gasteiger partial charge in [0.2, 0.25) is 0 Å². The molecule has 0 amide bonds. The molecule has 0 heterocycles. The molecule has 4 nitrogen and oxygen atoms in total. The number of nitrogens with two attached hydrogens (primary N) is 1. The molecule has 0 aliphatic heterocycles. The van der Waals surface area contributed by atoms with Crippen LogP contribution in [0.2, 0.25) is 0 Å². The first-order valence-corrected chi connectivity index (χ1v) is 3.72. The first kappa shape index (κ1) is 10.4. The highest BCUT2D eigenvalue weighted by molar-refractivity contribution is 5.67.